The lowest BCUT2D eigenvalue weighted by Gasteiger charge is -2.21. The van der Waals surface area contributed by atoms with Crippen molar-refractivity contribution in [1.29, 1.82) is 0 Å². The zero-order valence-electron chi connectivity index (χ0n) is 11.9. The Morgan fingerprint density at radius 2 is 1.96 bits per heavy atom. The van der Waals surface area contributed by atoms with Gasteiger partial charge in [-0.15, -0.1) is 0 Å². The fraction of sp³-hybridized carbons (Fsp3) is 0.125. The molecule has 1 aromatic heterocycles. The van der Waals surface area contributed by atoms with Crippen molar-refractivity contribution in [2.75, 3.05) is 11.6 Å². The summed E-state index contributed by atoms with van der Waals surface area (Å²) in [5, 5.41) is 2.38. The van der Waals surface area contributed by atoms with Crippen LogP contribution < -0.4 is 16.3 Å². The zero-order valence-corrected chi connectivity index (χ0v) is 12.7. The first-order valence-corrected chi connectivity index (χ1v) is 7.44. The maximum atomic E-state index is 13.1. The van der Waals surface area contributed by atoms with E-state index >= 15 is 0 Å². The number of nitrogens with two attached hydrogens (primary N) is 1. The quantitative estimate of drug-likeness (QED) is 0.744. The lowest BCUT2D eigenvalue weighted by Crippen LogP contribution is -2.36. The second-order valence-electron chi connectivity index (χ2n) is 5.39. The van der Waals surface area contributed by atoms with Crippen LogP contribution in [0.1, 0.15) is 11.9 Å². The number of rotatable bonds is 1. The fourth-order valence-corrected chi connectivity index (χ4v) is 3.11. The Kier molecular flexibility index (Phi) is 3.11. The van der Waals surface area contributed by atoms with Gasteiger partial charge in [0.25, 0.3) is 5.56 Å². The van der Waals surface area contributed by atoms with E-state index < -0.39 is 6.04 Å². The summed E-state index contributed by atoms with van der Waals surface area (Å²) in [6.45, 7) is 0.377. The van der Waals surface area contributed by atoms with Gasteiger partial charge in [-0.2, -0.15) is 0 Å². The molecule has 0 spiro atoms. The highest BCUT2D eigenvalue weighted by Gasteiger charge is 2.31. The number of hydrogen-bond acceptors (Lipinski definition) is 4. The van der Waals surface area contributed by atoms with Gasteiger partial charge < -0.3 is 5.73 Å². The molecule has 0 radical (unpaired) electrons. The molecule has 4 rings (SSSR count). The third-order valence-electron chi connectivity index (χ3n) is 3.92. The molecule has 0 saturated heterocycles. The maximum absolute atomic E-state index is 13.1. The van der Waals surface area contributed by atoms with E-state index in [1.165, 1.54) is 16.8 Å². The van der Waals surface area contributed by atoms with Gasteiger partial charge in [-0.3, -0.25) is 9.80 Å². The van der Waals surface area contributed by atoms with Crippen LogP contribution in [0.4, 0.5) is 10.1 Å². The summed E-state index contributed by atoms with van der Waals surface area (Å²) in [7, 11) is 0. The van der Waals surface area contributed by atoms with Crippen molar-refractivity contribution in [3.63, 3.8) is 0 Å². The first-order chi connectivity index (χ1) is 11.1. The van der Waals surface area contributed by atoms with Crippen molar-refractivity contribution in [3.8, 4) is 0 Å². The van der Waals surface area contributed by atoms with E-state index in [0.29, 0.717) is 34.0 Å². The number of hydrogen-bond donors (Lipinski definition) is 1. The molecule has 0 bridgehead atoms. The summed E-state index contributed by atoms with van der Waals surface area (Å²) in [4.78, 5) is 17.4. The smallest absolute Gasteiger partial charge is 0.282 e. The lowest BCUT2D eigenvalue weighted by atomic mass is 10.2. The molecule has 0 amide bonds. The largest absolute Gasteiger partial charge is 0.320 e. The van der Waals surface area contributed by atoms with Crippen LogP contribution in [0.5, 0.6) is 0 Å². The highest BCUT2D eigenvalue weighted by Crippen LogP contribution is 2.27. The van der Waals surface area contributed by atoms with E-state index in [4.69, 9.17) is 17.3 Å². The molecule has 1 aliphatic heterocycles. The Morgan fingerprint density at radius 3 is 2.70 bits per heavy atom. The monoisotopic (exact) mass is 330 g/mol. The first kappa shape index (κ1) is 14.2. The average molecular weight is 331 g/mol. The van der Waals surface area contributed by atoms with E-state index in [2.05, 4.69) is 4.98 Å². The first-order valence-electron chi connectivity index (χ1n) is 7.06. The summed E-state index contributed by atoms with van der Waals surface area (Å²) in [6, 6.07) is 10.6. The fourth-order valence-electron chi connectivity index (χ4n) is 2.86. The van der Waals surface area contributed by atoms with Gasteiger partial charge in [-0.1, -0.05) is 17.7 Å². The van der Waals surface area contributed by atoms with Crippen LogP contribution in [-0.4, -0.2) is 16.2 Å². The number of aromatic nitrogens is 2. The molecule has 0 saturated carbocycles. The van der Waals surface area contributed by atoms with Gasteiger partial charge in [0.15, 0.2) is 5.82 Å². The molecule has 3 aromatic rings. The van der Waals surface area contributed by atoms with E-state index in [1.54, 1.807) is 35.3 Å². The predicted octanol–water partition coefficient (Wildman–Crippen LogP) is 2.47. The van der Waals surface area contributed by atoms with E-state index in [0.717, 1.165) is 0 Å². The molecule has 23 heavy (non-hydrogen) atoms. The number of nitrogens with zero attached hydrogens (tertiary/aromatic N) is 3. The molecule has 0 unspecified atom stereocenters. The number of benzene rings is 2. The number of halogens is 2. The zero-order chi connectivity index (χ0) is 16.1. The predicted molar refractivity (Wildman–Crippen MR) is 87.1 cm³/mol. The van der Waals surface area contributed by atoms with Crippen LogP contribution in [0.15, 0.2) is 47.3 Å². The van der Waals surface area contributed by atoms with Gasteiger partial charge in [0, 0.05) is 0 Å². The van der Waals surface area contributed by atoms with Crippen molar-refractivity contribution >= 4 is 28.2 Å². The van der Waals surface area contributed by atoms with Crippen LogP contribution >= 0.6 is 11.6 Å². The molecule has 7 heteroatoms. The number of anilines is 1. The Bertz CT molecular complexity index is 970. The SMILES string of the molecule is N[C@H]1CN(c2ccc(F)cc2)n2c1nc1cccc(Cl)c1c2=O. The van der Waals surface area contributed by atoms with Gasteiger partial charge in [0.1, 0.15) is 5.82 Å². The van der Waals surface area contributed by atoms with Gasteiger partial charge >= 0.3 is 0 Å². The highest BCUT2D eigenvalue weighted by molar-refractivity contribution is 6.35. The molecule has 0 fully saturated rings. The van der Waals surface area contributed by atoms with E-state index in [-0.39, 0.29) is 11.4 Å². The van der Waals surface area contributed by atoms with Crippen molar-refractivity contribution in [2.45, 2.75) is 6.04 Å². The third-order valence-corrected chi connectivity index (χ3v) is 4.23. The standard InChI is InChI=1S/C16H12ClFN4O/c17-11-2-1-3-13-14(11)16(23)22-15(20-13)12(19)8-21(22)10-6-4-9(18)5-7-10/h1-7,12H,8,19H2/t12-/m0/s1. The minimum atomic E-state index is -0.420. The molecule has 1 aliphatic rings. The van der Waals surface area contributed by atoms with E-state index in [1.807, 2.05) is 0 Å². The topological polar surface area (TPSA) is 64.2 Å². The van der Waals surface area contributed by atoms with Crippen LogP contribution in [-0.2, 0) is 0 Å². The van der Waals surface area contributed by atoms with Crippen molar-refractivity contribution in [3.05, 3.63) is 69.5 Å². The van der Waals surface area contributed by atoms with E-state index in [9.17, 15) is 9.18 Å². The van der Waals surface area contributed by atoms with Crippen LogP contribution in [0.25, 0.3) is 10.9 Å². The van der Waals surface area contributed by atoms with Crippen LogP contribution in [0.3, 0.4) is 0 Å². The molecule has 2 aromatic carbocycles. The molecule has 2 heterocycles. The maximum Gasteiger partial charge on any atom is 0.282 e. The summed E-state index contributed by atoms with van der Waals surface area (Å²) in [5.41, 5.74) is 7.03. The van der Waals surface area contributed by atoms with Crippen LogP contribution in [0, 0.1) is 5.82 Å². The Labute approximate surface area is 135 Å². The summed E-state index contributed by atoms with van der Waals surface area (Å²) < 4.78 is 14.6. The normalized spacial score (nSPS) is 16.8. The Morgan fingerprint density at radius 1 is 1.22 bits per heavy atom. The Balaban J connectivity index is 2.00. The van der Waals surface area contributed by atoms with Gasteiger partial charge in [0.2, 0.25) is 0 Å². The van der Waals surface area contributed by atoms with Gasteiger partial charge in [-0.25, -0.2) is 14.1 Å². The summed E-state index contributed by atoms with van der Waals surface area (Å²) in [6.07, 6.45) is 0. The second kappa shape index (κ2) is 5.04. The third kappa shape index (κ3) is 2.10. The van der Waals surface area contributed by atoms with Crippen molar-refractivity contribution in [2.24, 2.45) is 5.73 Å². The Hall–Kier alpha value is -2.44. The van der Waals surface area contributed by atoms with Gasteiger partial charge in [-0.05, 0) is 36.4 Å². The number of fused-ring (bicyclic) bond motifs is 2. The minimum absolute atomic E-state index is 0.284. The molecule has 1 atom stereocenters. The summed E-state index contributed by atoms with van der Waals surface area (Å²) in [5.74, 6) is 0.124. The highest BCUT2D eigenvalue weighted by atomic mass is 35.5. The van der Waals surface area contributed by atoms with Gasteiger partial charge in [0.05, 0.1) is 34.2 Å². The molecule has 2 N–H and O–H groups in total. The van der Waals surface area contributed by atoms with Crippen molar-refractivity contribution < 1.29 is 4.39 Å². The molecule has 5 nitrogen and oxygen atoms in total. The summed E-state index contributed by atoms with van der Waals surface area (Å²) >= 11 is 6.16. The average Bonchev–Trinajstić information content (AvgIpc) is 2.86. The molecule has 116 valence electrons. The minimum Gasteiger partial charge on any atom is -0.320 e. The molecular formula is C16H12ClFN4O. The molecule has 0 aliphatic carbocycles. The van der Waals surface area contributed by atoms with Crippen molar-refractivity contribution in [1.82, 2.24) is 9.66 Å². The lowest BCUT2D eigenvalue weighted by molar-refractivity contribution is 0.626. The molecular weight excluding hydrogens is 319 g/mol. The van der Waals surface area contributed by atoms with Crippen LogP contribution in [0.2, 0.25) is 5.02 Å². The second-order valence-corrected chi connectivity index (χ2v) is 5.79.